The summed E-state index contributed by atoms with van der Waals surface area (Å²) in [4.78, 5) is 9.95. The first-order valence-corrected chi connectivity index (χ1v) is 3.43. The standard InChI is InChI=1S/C7H7ClN2O/c1-10-6(3-2-4-11)5-7(8)9-10/h2-5H,1H3/b3-2+. The Morgan fingerprint density at radius 1 is 1.73 bits per heavy atom. The van der Waals surface area contributed by atoms with E-state index in [1.807, 2.05) is 0 Å². The average Bonchev–Trinajstić information content (AvgIpc) is 2.26. The van der Waals surface area contributed by atoms with Crippen LogP contribution in [0.3, 0.4) is 0 Å². The summed E-state index contributed by atoms with van der Waals surface area (Å²) >= 11 is 5.59. The highest BCUT2D eigenvalue weighted by molar-refractivity contribution is 6.29. The molecule has 0 aromatic carbocycles. The number of hydrogen-bond acceptors (Lipinski definition) is 2. The number of carbonyl (C=O) groups is 1. The van der Waals surface area contributed by atoms with Gasteiger partial charge in [-0.05, 0) is 12.2 Å². The molecule has 0 saturated carbocycles. The lowest BCUT2D eigenvalue weighted by Crippen LogP contribution is -1.91. The quantitative estimate of drug-likeness (QED) is 0.495. The molecule has 0 unspecified atom stereocenters. The van der Waals surface area contributed by atoms with Crippen molar-refractivity contribution in [1.29, 1.82) is 0 Å². The second kappa shape index (κ2) is 3.34. The predicted molar refractivity (Wildman–Crippen MR) is 43.3 cm³/mol. The minimum atomic E-state index is 0.429. The first-order valence-electron chi connectivity index (χ1n) is 3.05. The van der Waals surface area contributed by atoms with Crippen LogP contribution in [0.2, 0.25) is 5.15 Å². The molecule has 0 aliphatic carbocycles. The van der Waals surface area contributed by atoms with Gasteiger partial charge in [0, 0.05) is 13.1 Å². The molecule has 0 radical (unpaired) electrons. The molecule has 3 nitrogen and oxygen atoms in total. The Bertz CT molecular complexity index is 291. The highest BCUT2D eigenvalue weighted by Crippen LogP contribution is 2.09. The summed E-state index contributed by atoms with van der Waals surface area (Å²) in [7, 11) is 1.76. The Labute approximate surface area is 69.3 Å². The van der Waals surface area contributed by atoms with E-state index >= 15 is 0 Å². The lowest BCUT2D eigenvalue weighted by atomic mass is 10.4. The molecule has 1 aromatic heterocycles. The first-order chi connectivity index (χ1) is 5.24. The van der Waals surface area contributed by atoms with Crippen molar-refractivity contribution in [2.45, 2.75) is 0 Å². The Balaban J connectivity index is 2.93. The Morgan fingerprint density at radius 2 is 2.45 bits per heavy atom. The summed E-state index contributed by atoms with van der Waals surface area (Å²) in [5.41, 5.74) is 0.808. The molecular weight excluding hydrogens is 164 g/mol. The summed E-state index contributed by atoms with van der Waals surface area (Å²) in [5, 5.41) is 4.31. The van der Waals surface area contributed by atoms with Crippen molar-refractivity contribution in [3.8, 4) is 0 Å². The SMILES string of the molecule is Cn1nc(Cl)cc1/C=C/C=O. The molecular formula is C7H7ClN2O. The zero-order valence-electron chi connectivity index (χ0n) is 5.99. The maximum absolute atomic E-state index is 9.95. The molecule has 0 aliphatic heterocycles. The second-order valence-corrected chi connectivity index (χ2v) is 2.40. The third-order valence-electron chi connectivity index (χ3n) is 1.23. The summed E-state index contributed by atoms with van der Waals surface area (Å²) in [5.74, 6) is 0. The van der Waals surface area contributed by atoms with Crippen LogP contribution in [0.15, 0.2) is 12.1 Å². The lowest BCUT2D eigenvalue weighted by molar-refractivity contribution is -0.104. The molecule has 0 atom stereocenters. The van der Waals surface area contributed by atoms with Gasteiger partial charge < -0.3 is 0 Å². The largest absolute Gasteiger partial charge is 0.299 e. The van der Waals surface area contributed by atoms with Crippen molar-refractivity contribution in [3.63, 3.8) is 0 Å². The van der Waals surface area contributed by atoms with E-state index in [-0.39, 0.29) is 0 Å². The number of rotatable bonds is 2. The third-order valence-corrected chi connectivity index (χ3v) is 1.42. The monoisotopic (exact) mass is 170 g/mol. The van der Waals surface area contributed by atoms with Gasteiger partial charge in [-0.2, -0.15) is 5.10 Å². The lowest BCUT2D eigenvalue weighted by Gasteiger charge is -1.90. The highest BCUT2D eigenvalue weighted by Gasteiger charge is 1.97. The van der Waals surface area contributed by atoms with Gasteiger partial charge in [0.05, 0.1) is 5.69 Å². The molecule has 1 heterocycles. The maximum Gasteiger partial charge on any atom is 0.151 e. The Hall–Kier alpha value is -1.09. The third kappa shape index (κ3) is 1.91. The fraction of sp³-hybridized carbons (Fsp3) is 0.143. The zero-order chi connectivity index (χ0) is 8.27. The summed E-state index contributed by atoms with van der Waals surface area (Å²) in [6.45, 7) is 0. The van der Waals surface area contributed by atoms with E-state index < -0.39 is 0 Å². The van der Waals surface area contributed by atoms with Crippen molar-refractivity contribution in [1.82, 2.24) is 9.78 Å². The van der Waals surface area contributed by atoms with E-state index in [1.54, 1.807) is 23.9 Å². The van der Waals surface area contributed by atoms with Crippen LogP contribution in [0.5, 0.6) is 0 Å². The van der Waals surface area contributed by atoms with Gasteiger partial charge in [-0.3, -0.25) is 9.48 Å². The molecule has 0 N–H and O–H groups in total. The number of nitrogens with zero attached hydrogens (tertiary/aromatic N) is 2. The molecule has 4 heteroatoms. The number of aldehydes is 1. The van der Waals surface area contributed by atoms with E-state index in [2.05, 4.69) is 5.10 Å². The van der Waals surface area contributed by atoms with Crippen LogP contribution in [-0.2, 0) is 11.8 Å². The van der Waals surface area contributed by atoms with Crippen LogP contribution in [0, 0.1) is 0 Å². The molecule has 58 valence electrons. The second-order valence-electron chi connectivity index (χ2n) is 2.01. The van der Waals surface area contributed by atoms with Gasteiger partial charge in [0.15, 0.2) is 5.15 Å². The first kappa shape index (κ1) is 8.01. The van der Waals surface area contributed by atoms with Crippen LogP contribution in [0.1, 0.15) is 5.69 Å². The van der Waals surface area contributed by atoms with E-state index in [0.29, 0.717) is 11.4 Å². The fourth-order valence-electron chi connectivity index (χ4n) is 0.739. The van der Waals surface area contributed by atoms with Gasteiger partial charge >= 0.3 is 0 Å². The summed E-state index contributed by atoms with van der Waals surface area (Å²) < 4.78 is 1.60. The number of aryl methyl sites for hydroxylation is 1. The van der Waals surface area contributed by atoms with Crippen LogP contribution >= 0.6 is 11.6 Å². The number of halogens is 1. The van der Waals surface area contributed by atoms with Crippen molar-refractivity contribution in [2.75, 3.05) is 0 Å². The van der Waals surface area contributed by atoms with Crippen LogP contribution in [-0.4, -0.2) is 16.1 Å². The molecule has 0 saturated heterocycles. The van der Waals surface area contributed by atoms with Gasteiger partial charge in [0.2, 0.25) is 0 Å². The summed E-state index contributed by atoms with van der Waals surface area (Å²) in [6.07, 6.45) is 3.75. The normalized spacial score (nSPS) is 10.7. The number of allylic oxidation sites excluding steroid dienone is 1. The molecule has 1 aromatic rings. The molecule has 11 heavy (non-hydrogen) atoms. The zero-order valence-corrected chi connectivity index (χ0v) is 6.75. The topological polar surface area (TPSA) is 34.9 Å². The number of aromatic nitrogens is 2. The predicted octanol–water partition coefficient (Wildman–Crippen LogP) is 1.29. The van der Waals surface area contributed by atoms with Crippen LogP contribution in [0.4, 0.5) is 0 Å². The minimum absolute atomic E-state index is 0.429. The smallest absolute Gasteiger partial charge is 0.151 e. The van der Waals surface area contributed by atoms with Crippen molar-refractivity contribution >= 4 is 24.0 Å². The number of carbonyl (C=O) groups excluding carboxylic acids is 1. The molecule has 0 bridgehead atoms. The van der Waals surface area contributed by atoms with Gasteiger partial charge in [0.1, 0.15) is 6.29 Å². The molecule has 0 spiro atoms. The van der Waals surface area contributed by atoms with Gasteiger partial charge in [-0.25, -0.2) is 0 Å². The van der Waals surface area contributed by atoms with Crippen LogP contribution in [0.25, 0.3) is 6.08 Å². The van der Waals surface area contributed by atoms with E-state index in [1.165, 1.54) is 6.08 Å². The molecule has 0 amide bonds. The Kier molecular flexibility index (Phi) is 2.44. The maximum atomic E-state index is 9.95. The minimum Gasteiger partial charge on any atom is -0.299 e. The van der Waals surface area contributed by atoms with Gasteiger partial charge in [-0.15, -0.1) is 0 Å². The molecule has 1 rings (SSSR count). The molecule has 0 aliphatic rings. The van der Waals surface area contributed by atoms with Crippen LogP contribution < -0.4 is 0 Å². The Morgan fingerprint density at radius 3 is 2.91 bits per heavy atom. The number of hydrogen-bond donors (Lipinski definition) is 0. The van der Waals surface area contributed by atoms with Crippen molar-refractivity contribution in [2.24, 2.45) is 7.05 Å². The van der Waals surface area contributed by atoms with Crippen molar-refractivity contribution < 1.29 is 4.79 Å². The summed E-state index contributed by atoms with van der Waals surface area (Å²) in [6, 6.07) is 1.68. The fourth-order valence-corrected chi connectivity index (χ4v) is 0.964. The van der Waals surface area contributed by atoms with Gasteiger partial charge in [-0.1, -0.05) is 11.6 Å². The molecule has 0 fully saturated rings. The van der Waals surface area contributed by atoms with E-state index in [9.17, 15) is 4.79 Å². The van der Waals surface area contributed by atoms with Gasteiger partial charge in [0.25, 0.3) is 0 Å². The average molecular weight is 171 g/mol. The van der Waals surface area contributed by atoms with E-state index in [4.69, 9.17) is 11.6 Å². The van der Waals surface area contributed by atoms with E-state index in [0.717, 1.165) is 5.69 Å². The van der Waals surface area contributed by atoms with Crippen molar-refractivity contribution in [3.05, 3.63) is 23.0 Å². The highest BCUT2D eigenvalue weighted by atomic mass is 35.5.